The molecule has 0 saturated heterocycles. The first-order valence-electron chi connectivity index (χ1n) is 3.78. The number of aliphatic hydroxyl groups is 1. The van der Waals surface area contributed by atoms with E-state index >= 15 is 0 Å². The Morgan fingerprint density at radius 1 is 1.33 bits per heavy atom. The fourth-order valence-corrected chi connectivity index (χ4v) is 2.50. The minimum atomic E-state index is -3.21. The summed E-state index contributed by atoms with van der Waals surface area (Å²) in [4.78, 5) is 0. The first-order chi connectivity index (χ1) is 5.19. The van der Waals surface area contributed by atoms with Gasteiger partial charge in [0.15, 0.2) is 0 Å². The van der Waals surface area contributed by atoms with Crippen LogP contribution in [0.4, 0.5) is 0 Å². The quantitative estimate of drug-likeness (QED) is 0.691. The van der Waals surface area contributed by atoms with E-state index in [1.165, 1.54) is 4.31 Å². The lowest BCUT2D eigenvalue weighted by molar-refractivity contribution is 0.191. The maximum Gasteiger partial charge on any atom is 0.211 e. The van der Waals surface area contributed by atoms with E-state index in [0.29, 0.717) is 0 Å². The van der Waals surface area contributed by atoms with Crippen LogP contribution in [0.2, 0.25) is 0 Å². The Bertz CT molecular complexity index is 228. The lowest BCUT2D eigenvalue weighted by atomic mass is 10.1. The van der Waals surface area contributed by atoms with Gasteiger partial charge in [-0.25, -0.2) is 8.42 Å². The molecular formula is C7H17NO3S. The van der Waals surface area contributed by atoms with E-state index in [1.807, 2.05) is 0 Å². The number of sulfonamides is 1. The van der Waals surface area contributed by atoms with Crippen molar-refractivity contribution in [1.82, 2.24) is 4.31 Å². The Balaban J connectivity index is 4.70. The molecule has 1 N–H and O–H groups in total. The van der Waals surface area contributed by atoms with Crippen LogP contribution >= 0.6 is 0 Å². The topological polar surface area (TPSA) is 57.6 Å². The van der Waals surface area contributed by atoms with Crippen molar-refractivity contribution >= 4 is 10.0 Å². The van der Waals surface area contributed by atoms with Crippen molar-refractivity contribution in [2.45, 2.75) is 26.3 Å². The van der Waals surface area contributed by atoms with Crippen LogP contribution in [-0.4, -0.2) is 42.8 Å². The summed E-state index contributed by atoms with van der Waals surface area (Å²) in [5.41, 5.74) is -0.462. The van der Waals surface area contributed by atoms with Crippen LogP contribution in [0.25, 0.3) is 0 Å². The van der Waals surface area contributed by atoms with Crippen molar-refractivity contribution in [2.75, 3.05) is 19.4 Å². The second kappa shape index (κ2) is 3.72. The third-order valence-electron chi connectivity index (χ3n) is 1.45. The van der Waals surface area contributed by atoms with Crippen molar-refractivity contribution in [3.8, 4) is 0 Å². The van der Waals surface area contributed by atoms with Gasteiger partial charge in [-0.3, -0.25) is 0 Å². The predicted molar refractivity (Wildman–Crippen MR) is 48.4 cm³/mol. The van der Waals surface area contributed by atoms with Gasteiger partial charge in [-0.05, 0) is 20.8 Å². The summed E-state index contributed by atoms with van der Waals surface area (Å²) in [6.07, 6.45) is 1.15. The molecule has 0 spiro atoms. The average Bonchev–Trinajstić information content (AvgIpc) is 1.77. The Labute approximate surface area is 74.2 Å². The molecule has 5 heteroatoms. The second-order valence-electron chi connectivity index (χ2n) is 3.73. The summed E-state index contributed by atoms with van der Waals surface area (Å²) in [6, 6.07) is 0. The highest BCUT2D eigenvalue weighted by Gasteiger charge is 2.28. The SMILES string of the molecule is CC(C)(C)N(CCO)S(C)(=O)=O. The van der Waals surface area contributed by atoms with Crippen LogP contribution < -0.4 is 0 Å². The molecule has 0 unspecified atom stereocenters. The largest absolute Gasteiger partial charge is 0.395 e. The van der Waals surface area contributed by atoms with Crippen LogP contribution in [0.5, 0.6) is 0 Å². The van der Waals surface area contributed by atoms with Crippen molar-refractivity contribution in [2.24, 2.45) is 0 Å². The molecule has 0 fully saturated rings. The van der Waals surface area contributed by atoms with Gasteiger partial charge in [0.25, 0.3) is 0 Å². The molecule has 0 heterocycles. The van der Waals surface area contributed by atoms with E-state index < -0.39 is 15.6 Å². The summed E-state index contributed by atoms with van der Waals surface area (Å²) in [6.45, 7) is 5.39. The van der Waals surface area contributed by atoms with Gasteiger partial charge in [-0.1, -0.05) is 0 Å². The third-order valence-corrected chi connectivity index (χ3v) is 2.98. The van der Waals surface area contributed by atoms with Crippen molar-refractivity contribution in [3.63, 3.8) is 0 Å². The van der Waals surface area contributed by atoms with Crippen LogP contribution in [0.3, 0.4) is 0 Å². The van der Waals surface area contributed by atoms with E-state index in [9.17, 15) is 8.42 Å². The van der Waals surface area contributed by atoms with Gasteiger partial charge in [0.1, 0.15) is 0 Å². The molecule has 0 aliphatic heterocycles. The Morgan fingerprint density at radius 2 is 1.75 bits per heavy atom. The fraction of sp³-hybridized carbons (Fsp3) is 1.00. The van der Waals surface area contributed by atoms with Gasteiger partial charge in [0.05, 0.1) is 12.9 Å². The van der Waals surface area contributed by atoms with E-state index in [-0.39, 0.29) is 13.2 Å². The predicted octanol–water partition coefficient (Wildman–Crippen LogP) is 0.0388. The van der Waals surface area contributed by atoms with Crippen LogP contribution in [0.1, 0.15) is 20.8 Å². The normalized spacial score (nSPS) is 13.8. The smallest absolute Gasteiger partial charge is 0.211 e. The van der Waals surface area contributed by atoms with Gasteiger partial charge in [0, 0.05) is 12.1 Å². The van der Waals surface area contributed by atoms with Crippen LogP contribution in [0, 0.1) is 0 Å². The number of hydrogen-bond donors (Lipinski definition) is 1. The minimum Gasteiger partial charge on any atom is -0.395 e. The molecule has 0 atom stereocenters. The lowest BCUT2D eigenvalue weighted by Gasteiger charge is -2.32. The van der Waals surface area contributed by atoms with E-state index in [0.717, 1.165) is 6.26 Å². The maximum absolute atomic E-state index is 11.2. The van der Waals surface area contributed by atoms with E-state index in [1.54, 1.807) is 20.8 Å². The number of hydrogen-bond acceptors (Lipinski definition) is 3. The minimum absolute atomic E-state index is 0.148. The molecule has 0 aromatic heterocycles. The molecule has 74 valence electrons. The highest BCUT2D eigenvalue weighted by molar-refractivity contribution is 7.88. The first-order valence-corrected chi connectivity index (χ1v) is 5.63. The number of rotatable bonds is 3. The van der Waals surface area contributed by atoms with Crippen molar-refractivity contribution in [3.05, 3.63) is 0 Å². The zero-order chi connectivity index (χ0) is 9.99. The Kier molecular flexibility index (Phi) is 3.68. The van der Waals surface area contributed by atoms with Gasteiger partial charge in [-0.2, -0.15) is 4.31 Å². The highest BCUT2D eigenvalue weighted by Crippen LogP contribution is 2.15. The molecule has 0 saturated carbocycles. The zero-order valence-corrected chi connectivity index (χ0v) is 8.85. The lowest BCUT2D eigenvalue weighted by Crippen LogP contribution is -2.46. The zero-order valence-electron chi connectivity index (χ0n) is 8.03. The average molecular weight is 195 g/mol. The van der Waals surface area contributed by atoms with Gasteiger partial charge >= 0.3 is 0 Å². The molecule has 0 bridgehead atoms. The molecule has 0 rings (SSSR count). The Hall–Kier alpha value is -0.130. The van der Waals surface area contributed by atoms with Gasteiger partial charge in [0.2, 0.25) is 10.0 Å². The molecule has 0 radical (unpaired) electrons. The maximum atomic E-state index is 11.2. The van der Waals surface area contributed by atoms with Crippen LogP contribution in [-0.2, 0) is 10.0 Å². The second-order valence-corrected chi connectivity index (χ2v) is 5.64. The summed E-state index contributed by atoms with van der Waals surface area (Å²) in [5, 5.41) is 8.66. The molecule has 0 aliphatic carbocycles. The molecule has 0 amide bonds. The fourth-order valence-electron chi connectivity index (χ4n) is 1.09. The van der Waals surface area contributed by atoms with Gasteiger partial charge < -0.3 is 5.11 Å². The van der Waals surface area contributed by atoms with Gasteiger partial charge in [-0.15, -0.1) is 0 Å². The number of nitrogens with zero attached hydrogens (tertiary/aromatic N) is 1. The molecular weight excluding hydrogens is 178 g/mol. The molecule has 0 aromatic rings. The third kappa shape index (κ3) is 3.51. The molecule has 0 aliphatic rings. The molecule has 4 nitrogen and oxygen atoms in total. The summed E-state index contributed by atoms with van der Waals surface area (Å²) in [7, 11) is -3.21. The summed E-state index contributed by atoms with van der Waals surface area (Å²) < 4.78 is 23.6. The van der Waals surface area contributed by atoms with Crippen molar-refractivity contribution in [1.29, 1.82) is 0 Å². The highest BCUT2D eigenvalue weighted by atomic mass is 32.2. The molecule has 0 aromatic carbocycles. The molecule has 12 heavy (non-hydrogen) atoms. The first kappa shape index (κ1) is 11.9. The number of aliphatic hydroxyl groups excluding tert-OH is 1. The summed E-state index contributed by atoms with van der Waals surface area (Å²) >= 11 is 0. The van der Waals surface area contributed by atoms with Crippen molar-refractivity contribution < 1.29 is 13.5 Å². The monoisotopic (exact) mass is 195 g/mol. The Morgan fingerprint density at radius 3 is 1.83 bits per heavy atom. The van der Waals surface area contributed by atoms with Crippen LogP contribution in [0.15, 0.2) is 0 Å². The van der Waals surface area contributed by atoms with E-state index in [2.05, 4.69) is 0 Å². The standard InChI is InChI=1S/C7H17NO3S/c1-7(2,3)8(5-6-9)12(4,10)11/h9H,5-6H2,1-4H3. The summed E-state index contributed by atoms with van der Waals surface area (Å²) in [5.74, 6) is 0. The van der Waals surface area contributed by atoms with E-state index in [4.69, 9.17) is 5.11 Å². The number of β-amino-alcohol motifs (C(OH)–C–C–N with tert-alkyl or cyclic N) is 1.